The summed E-state index contributed by atoms with van der Waals surface area (Å²) < 4.78 is 12.2. The lowest BCUT2D eigenvalue weighted by atomic mass is 9.65. The van der Waals surface area contributed by atoms with Crippen molar-refractivity contribution in [2.24, 2.45) is 5.41 Å². The quantitative estimate of drug-likeness (QED) is 0.346. The summed E-state index contributed by atoms with van der Waals surface area (Å²) >= 11 is 0. The number of ether oxygens (including phenoxy) is 1. The predicted molar refractivity (Wildman–Crippen MR) is 127 cm³/mol. The number of Topliss-reactive ketones (excluding diaryl/α,β-unsaturated/α-hetero) is 1. The molecule has 0 amide bonds. The molecule has 5 rings (SSSR count). The summed E-state index contributed by atoms with van der Waals surface area (Å²) in [7, 11) is 0. The second-order valence-corrected chi connectivity index (χ2v) is 10.4. The van der Waals surface area contributed by atoms with Crippen LogP contribution < -0.4 is 0 Å². The highest BCUT2D eigenvalue weighted by molar-refractivity contribution is 6.17. The minimum absolute atomic E-state index is 0.115. The van der Waals surface area contributed by atoms with Crippen molar-refractivity contribution in [3.8, 4) is 11.3 Å². The molecule has 0 radical (unpaired) electrons. The van der Waals surface area contributed by atoms with Crippen molar-refractivity contribution in [1.82, 2.24) is 0 Å². The number of aryl methyl sites for hydroxylation is 2. The Morgan fingerprint density at radius 3 is 2.58 bits per heavy atom. The second kappa shape index (κ2) is 7.72. The van der Waals surface area contributed by atoms with Crippen molar-refractivity contribution in [3.05, 3.63) is 82.6 Å². The molecular weight excluding hydrogens is 412 g/mol. The molecule has 2 aromatic carbocycles. The van der Waals surface area contributed by atoms with Gasteiger partial charge in [-0.15, -0.1) is 0 Å². The van der Waals surface area contributed by atoms with Crippen molar-refractivity contribution < 1.29 is 18.7 Å². The Morgan fingerprint density at radius 2 is 1.85 bits per heavy atom. The van der Waals surface area contributed by atoms with Crippen LogP contribution in [0.25, 0.3) is 11.3 Å². The molecule has 0 spiro atoms. The normalized spacial score (nSPS) is 22.1. The van der Waals surface area contributed by atoms with Crippen molar-refractivity contribution in [3.63, 3.8) is 0 Å². The van der Waals surface area contributed by atoms with Crippen LogP contribution in [0.3, 0.4) is 0 Å². The number of esters is 1. The molecule has 0 N–H and O–H groups in total. The Kier molecular flexibility index (Phi) is 5.08. The minimum atomic E-state index is -1.27. The summed E-state index contributed by atoms with van der Waals surface area (Å²) in [4.78, 5) is 27.9. The zero-order chi connectivity index (χ0) is 23.4. The molecular formula is C29H30O4. The van der Waals surface area contributed by atoms with E-state index in [0.717, 1.165) is 53.0 Å². The Bertz CT molecular complexity index is 1230. The molecule has 3 aromatic rings. The zero-order valence-corrected chi connectivity index (χ0v) is 19.7. The summed E-state index contributed by atoms with van der Waals surface area (Å²) in [6.07, 6.45) is 2.79. The molecule has 0 saturated carbocycles. The summed E-state index contributed by atoms with van der Waals surface area (Å²) in [6, 6.07) is 17.9. The molecule has 33 heavy (non-hydrogen) atoms. The van der Waals surface area contributed by atoms with E-state index in [1.54, 1.807) is 0 Å². The lowest BCUT2D eigenvalue weighted by Gasteiger charge is -2.38. The maximum absolute atomic E-state index is 14.1. The van der Waals surface area contributed by atoms with E-state index in [1.807, 2.05) is 82.3 Å². The van der Waals surface area contributed by atoms with Crippen molar-refractivity contribution in [1.29, 1.82) is 0 Å². The van der Waals surface area contributed by atoms with Crippen LogP contribution in [-0.2, 0) is 22.4 Å². The van der Waals surface area contributed by atoms with Crippen LogP contribution in [-0.4, -0.2) is 17.4 Å². The Morgan fingerprint density at radius 1 is 1.09 bits per heavy atom. The first-order valence-corrected chi connectivity index (χ1v) is 11.7. The molecule has 0 unspecified atom stereocenters. The Labute approximate surface area is 195 Å². The number of ketones is 1. The largest absolute Gasteiger partial charge is 0.461 e. The summed E-state index contributed by atoms with van der Waals surface area (Å²) in [5.74, 6) is 0.848. The third-order valence-electron chi connectivity index (χ3n) is 6.91. The van der Waals surface area contributed by atoms with Gasteiger partial charge in [0.2, 0.25) is 0 Å². The van der Waals surface area contributed by atoms with E-state index in [2.05, 4.69) is 0 Å². The number of carbonyl (C=O) groups is 2. The van der Waals surface area contributed by atoms with Gasteiger partial charge in [0.1, 0.15) is 22.5 Å². The third-order valence-corrected chi connectivity index (χ3v) is 6.91. The number of hydrogen-bond acceptors (Lipinski definition) is 4. The van der Waals surface area contributed by atoms with Gasteiger partial charge in [-0.25, -0.2) is 0 Å². The van der Waals surface area contributed by atoms with Crippen LogP contribution in [0.2, 0.25) is 0 Å². The van der Waals surface area contributed by atoms with Gasteiger partial charge in [0.25, 0.3) is 0 Å². The number of benzene rings is 2. The van der Waals surface area contributed by atoms with Gasteiger partial charge in [0.15, 0.2) is 5.78 Å². The number of carbonyl (C=O) groups excluding carboxylic acids is 2. The lowest BCUT2D eigenvalue weighted by molar-refractivity contribution is -0.165. The summed E-state index contributed by atoms with van der Waals surface area (Å²) in [6.45, 7) is 7.54. The van der Waals surface area contributed by atoms with Crippen LogP contribution in [0.15, 0.2) is 59.0 Å². The minimum Gasteiger partial charge on any atom is -0.461 e. The number of rotatable bonds is 3. The van der Waals surface area contributed by atoms with E-state index >= 15 is 0 Å². The van der Waals surface area contributed by atoms with Crippen molar-refractivity contribution >= 4 is 11.8 Å². The zero-order valence-electron chi connectivity index (χ0n) is 19.7. The molecule has 0 saturated heterocycles. The lowest BCUT2D eigenvalue weighted by Crippen LogP contribution is -2.47. The maximum atomic E-state index is 14.1. The molecule has 2 aliphatic carbocycles. The molecule has 0 aliphatic heterocycles. The van der Waals surface area contributed by atoms with E-state index in [-0.39, 0.29) is 11.7 Å². The first-order valence-electron chi connectivity index (χ1n) is 11.7. The van der Waals surface area contributed by atoms with Crippen LogP contribution >= 0.6 is 0 Å². The average molecular weight is 443 g/mol. The molecule has 2 aliphatic rings. The van der Waals surface area contributed by atoms with Gasteiger partial charge in [-0.3, -0.25) is 9.59 Å². The number of hydrogen-bond donors (Lipinski definition) is 0. The predicted octanol–water partition coefficient (Wildman–Crippen LogP) is 6.44. The van der Waals surface area contributed by atoms with Gasteiger partial charge in [-0.2, -0.15) is 0 Å². The molecule has 1 aromatic heterocycles. The highest BCUT2D eigenvalue weighted by atomic mass is 16.6. The van der Waals surface area contributed by atoms with Gasteiger partial charge in [0.05, 0.1) is 0 Å². The van der Waals surface area contributed by atoms with E-state index < -0.39 is 17.0 Å². The van der Waals surface area contributed by atoms with Crippen molar-refractivity contribution in [2.75, 3.05) is 0 Å². The van der Waals surface area contributed by atoms with E-state index in [0.29, 0.717) is 12.0 Å². The maximum Gasteiger partial charge on any atom is 0.321 e. The topological polar surface area (TPSA) is 56.5 Å². The third kappa shape index (κ3) is 3.62. The van der Waals surface area contributed by atoms with Gasteiger partial charge in [-0.05, 0) is 70.2 Å². The highest BCUT2D eigenvalue weighted by Gasteiger charge is 2.59. The van der Waals surface area contributed by atoms with Gasteiger partial charge < -0.3 is 9.15 Å². The fraction of sp³-hybridized carbons (Fsp3) is 0.379. The molecule has 0 fully saturated rings. The van der Waals surface area contributed by atoms with Gasteiger partial charge >= 0.3 is 5.97 Å². The molecule has 2 atom stereocenters. The summed E-state index contributed by atoms with van der Waals surface area (Å²) in [5.41, 5.74) is 2.61. The van der Waals surface area contributed by atoms with Crippen molar-refractivity contribution in [2.45, 2.75) is 64.9 Å². The molecule has 4 heteroatoms. The standard InChI is InChI=1S/C29H30O4/c1-18-13-14-20-17-29(26(30)21(20)15-18,27(31)33-28(2,3)4)23-11-8-12-24-22(23)16-25(32-24)19-9-6-5-7-10-19/h5-7,9-10,13-16,23H,8,11-12,17H2,1-4H3/t23-,29-/m1/s1. The number of furan rings is 1. The molecule has 0 bridgehead atoms. The first-order chi connectivity index (χ1) is 15.7. The van der Waals surface area contributed by atoms with E-state index in [1.165, 1.54) is 0 Å². The summed E-state index contributed by atoms with van der Waals surface area (Å²) in [5, 5.41) is 0. The van der Waals surface area contributed by atoms with Crippen LogP contribution in [0.5, 0.6) is 0 Å². The first kappa shape index (κ1) is 21.7. The fourth-order valence-electron chi connectivity index (χ4n) is 5.45. The smallest absolute Gasteiger partial charge is 0.321 e. The van der Waals surface area contributed by atoms with E-state index in [9.17, 15) is 9.59 Å². The van der Waals surface area contributed by atoms with Crippen LogP contribution in [0, 0.1) is 12.3 Å². The highest BCUT2D eigenvalue weighted by Crippen LogP contribution is 2.54. The number of fused-ring (bicyclic) bond motifs is 2. The van der Waals surface area contributed by atoms with Crippen LogP contribution in [0.1, 0.15) is 72.3 Å². The molecule has 1 heterocycles. The fourth-order valence-corrected chi connectivity index (χ4v) is 5.45. The Hall–Kier alpha value is -3.14. The molecule has 4 nitrogen and oxygen atoms in total. The van der Waals surface area contributed by atoms with Crippen LogP contribution in [0.4, 0.5) is 0 Å². The van der Waals surface area contributed by atoms with E-state index in [4.69, 9.17) is 9.15 Å². The average Bonchev–Trinajstić information content (AvgIpc) is 3.33. The van der Waals surface area contributed by atoms with Gasteiger partial charge in [-0.1, -0.05) is 48.0 Å². The monoisotopic (exact) mass is 442 g/mol. The SMILES string of the molecule is Cc1ccc2c(c1)C(=O)[C@](C(=O)OC(C)(C)C)([C@@H]1CCCc3oc(-c4ccccc4)cc31)C2. The molecule has 170 valence electrons. The van der Waals surface area contributed by atoms with Gasteiger partial charge in [0, 0.05) is 23.5 Å². The Balaban J connectivity index is 1.65. The second-order valence-electron chi connectivity index (χ2n) is 10.4.